The van der Waals surface area contributed by atoms with Crippen LogP contribution in [0.1, 0.15) is 18.1 Å². The molecule has 1 aromatic carbocycles. The van der Waals surface area contributed by atoms with Crippen LogP contribution in [0.3, 0.4) is 0 Å². The minimum Gasteiger partial charge on any atom is -0.463 e. The standard InChI is InChI=1S/C12H10F3NO4/c1-2-20-11(17)6-4-8-3-5-9(12(13,14)15)7-10(8)16(18)19/h3-7H,2H2,1H3. The van der Waals surface area contributed by atoms with Crippen molar-refractivity contribution in [3.63, 3.8) is 0 Å². The number of halogens is 3. The third-order valence-electron chi connectivity index (χ3n) is 2.24. The summed E-state index contributed by atoms with van der Waals surface area (Å²) in [7, 11) is 0. The van der Waals surface area contributed by atoms with E-state index >= 15 is 0 Å². The average Bonchev–Trinajstić information content (AvgIpc) is 2.35. The second kappa shape index (κ2) is 6.18. The zero-order chi connectivity index (χ0) is 15.3. The molecule has 0 aromatic heterocycles. The number of ether oxygens (including phenoxy) is 1. The topological polar surface area (TPSA) is 69.4 Å². The Hall–Kier alpha value is -2.38. The molecule has 0 heterocycles. The van der Waals surface area contributed by atoms with E-state index in [4.69, 9.17) is 0 Å². The van der Waals surface area contributed by atoms with Crippen LogP contribution in [-0.2, 0) is 15.7 Å². The minimum atomic E-state index is -4.67. The monoisotopic (exact) mass is 289 g/mol. The molecule has 0 radical (unpaired) electrons. The van der Waals surface area contributed by atoms with Crippen molar-refractivity contribution in [1.29, 1.82) is 0 Å². The number of alkyl halides is 3. The molecule has 0 aliphatic carbocycles. The van der Waals surface area contributed by atoms with E-state index in [1.54, 1.807) is 6.92 Å². The summed E-state index contributed by atoms with van der Waals surface area (Å²) in [6.07, 6.45) is -2.72. The Balaban J connectivity index is 3.15. The normalized spacial score (nSPS) is 11.6. The van der Waals surface area contributed by atoms with Crippen molar-refractivity contribution >= 4 is 17.7 Å². The van der Waals surface area contributed by atoms with Crippen LogP contribution in [0.2, 0.25) is 0 Å². The van der Waals surface area contributed by atoms with Crippen molar-refractivity contribution in [1.82, 2.24) is 0 Å². The maximum Gasteiger partial charge on any atom is 0.416 e. The fraction of sp³-hybridized carbons (Fsp3) is 0.250. The highest BCUT2D eigenvalue weighted by Crippen LogP contribution is 2.33. The average molecular weight is 289 g/mol. The van der Waals surface area contributed by atoms with Gasteiger partial charge in [-0.25, -0.2) is 4.79 Å². The van der Waals surface area contributed by atoms with E-state index in [0.29, 0.717) is 12.1 Å². The van der Waals surface area contributed by atoms with Gasteiger partial charge in [-0.3, -0.25) is 10.1 Å². The summed E-state index contributed by atoms with van der Waals surface area (Å²) < 4.78 is 42.0. The summed E-state index contributed by atoms with van der Waals surface area (Å²) >= 11 is 0. The fourth-order valence-corrected chi connectivity index (χ4v) is 1.37. The van der Waals surface area contributed by atoms with Gasteiger partial charge in [0.1, 0.15) is 0 Å². The molecule has 0 spiro atoms. The Labute approximate surface area is 111 Å². The number of hydrogen-bond acceptors (Lipinski definition) is 4. The van der Waals surface area contributed by atoms with Crippen molar-refractivity contribution in [3.05, 3.63) is 45.5 Å². The molecule has 8 heteroatoms. The first-order valence-electron chi connectivity index (χ1n) is 5.46. The van der Waals surface area contributed by atoms with Gasteiger partial charge in [-0.05, 0) is 25.1 Å². The van der Waals surface area contributed by atoms with Gasteiger partial charge in [-0.15, -0.1) is 0 Å². The van der Waals surface area contributed by atoms with Crippen LogP contribution in [0.5, 0.6) is 0 Å². The Kier molecular flexibility index (Phi) is 4.84. The number of hydrogen-bond donors (Lipinski definition) is 0. The van der Waals surface area contributed by atoms with Gasteiger partial charge >= 0.3 is 12.1 Å². The van der Waals surface area contributed by atoms with E-state index in [9.17, 15) is 28.1 Å². The number of esters is 1. The minimum absolute atomic E-state index is 0.115. The predicted octanol–water partition coefficient (Wildman–Crippen LogP) is 3.19. The largest absolute Gasteiger partial charge is 0.463 e. The lowest BCUT2D eigenvalue weighted by molar-refractivity contribution is -0.385. The maximum atomic E-state index is 12.5. The molecule has 0 saturated heterocycles. The fourth-order valence-electron chi connectivity index (χ4n) is 1.37. The van der Waals surface area contributed by atoms with E-state index in [1.165, 1.54) is 0 Å². The number of nitro benzene ring substituents is 1. The molecule has 0 aliphatic heterocycles. The zero-order valence-corrected chi connectivity index (χ0v) is 10.3. The van der Waals surface area contributed by atoms with Gasteiger partial charge < -0.3 is 4.74 Å². The molecule has 0 fully saturated rings. The summed E-state index contributed by atoms with van der Waals surface area (Å²) in [4.78, 5) is 20.9. The van der Waals surface area contributed by atoms with Crippen molar-refractivity contribution in [2.24, 2.45) is 0 Å². The lowest BCUT2D eigenvalue weighted by atomic mass is 10.1. The van der Waals surface area contributed by atoms with E-state index in [1.807, 2.05) is 0 Å². The number of nitrogens with zero attached hydrogens (tertiary/aromatic N) is 1. The summed E-state index contributed by atoms with van der Waals surface area (Å²) in [6, 6.07) is 2.05. The van der Waals surface area contributed by atoms with E-state index in [-0.39, 0.29) is 12.2 Å². The molecule has 5 nitrogen and oxygen atoms in total. The van der Waals surface area contributed by atoms with Crippen LogP contribution in [-0.4, -0.2) is 17.5 Å². The third-order valence-corrected chi connectivity index (χ3v) is 2.24. The Morgan fingerprint density at radius 1 is 1.45 bits per heavy atom. The zero-order valence-electron chi connectivity index (χ0n) is 10.3. The molecule has 0 aliphatic rings. The molecule has 0 amide bonds. The van der Waals surface area contributed by atoms with Gasteiger partial charge in [0.05, 0.1) is 22.7 Å². The third kappa shape index (κ3) is 4.08. The molecule has 108 valence electrons. The van der Waals surface area contributed by atoms with Crippen molar-refractivity contribution in [2.45, 2.75) is 13.1 Å². The highest BCUT2D eigenvalue weighted by Gasteiger charge is 2.32. The quantitative estimate of drug-likeness (QED) is 0.369. The Bertz CT molecular complexity index is 552. The van der Waals surface area contributed by atoms with Crippen LogP contribution < -0.4 is 0 Å². The van der Waals surface area contributed by atoms with Crippen LogP contribution in [0, 0.1) is 10.1 Å². The smallest absolute Gasteiger partial charge is 0.416 e. The molecule has 0 N–H and O–H groups in total. The van der Waals surface area contributed by atoms with Gasteiger partial charge in [0, 0.05) is 12.1 Å². The molecule has 1 rings (SSSR count). The molecule has 0 atom stereocenters. The molecule has 0 unspecified atom stereocenters. The molecule has 20 heavy (non-hydrogen) atoms. The van der Waals surface area contributed by atoms with Gasteiger partial charge in [-0.1, -0.05) is 0 Å². The summed E-state index contributed by atoms with van der Waals surface area (Å²) in [5.41, 5.74) is -1.98. The Morgan fingerprint density at radius 2 is 2.10 bits per heavy atom. The van der Waals surface area contributed by atoms with Crippen LogP contribution in [0.25, 0.3) is 6.08 Å². The highest BCUT2D eigenvalue weighted by molar-refractivity contribution is 5.87. The summed E-state index contributed by atoms with van der Waals surface area (Å²) in [5, 5.41) is 10.8. The highest BCUT2D eigenvalue weighted by atomic mass is 19.4. The lowest BCUT2D eigenvalue weighted by Crippen LogP contribution is -2.06. The van der Waals surface area contributed by atoms with E-state index in [2.05, 4.69) is 4.74 Å². The van der Waals surface area contributed by atoms with Crippen LogP contribution in [0.15, 0.2) is 24.3 Å². The van der Waals surface area contributed by atoms with Crippen LogP contribution in [0.4, 0.5) is 18.9 Å². The molecular weight excluding hydrogens is 279 g/mol. The number of benzene rings is 1. The number of carbonyl (C=O) groups is 1. The first-order chi connectivity index (χ1) is 9.25. The van der Waals surface area contributed by atoms with Gasteiger partial charge in [0.15, 0.2) is 0 Å². The second-order valence-electron chi connectivity index (χ2n) is 3.61. The summed E-state index contributed by atoms with van der Waals surface area (Å²) in [5.74, 6) is -0.735. The Morgan fingerprint density at radius 3 is 2.60 bits per heavy atom. The second-order valence-corrected chi connectivity index (χ2v) is 3.61. The van der Waals surface area contributed by atoms with E-state index in [0.717, 1.165) is 18.2 Å². The molecule has 0 bridgehead atoms. The first-order valence-corrected chi connectivity index (χ1v) is 5.46. The number of carbonyl (C=O) groups excluding carboxylic acids is 1. The number of rotatable bonds is 4. The van der Waals surface area contributed by atoms with E-state index < -0.39 is 28.3 Å². The lowest BCUT2D eigenvalue weighted by Gasteiger charge is -2.07. The van der Waals surface area contributed by atoms with Gasteiger partial charge in [0.25, 0.3) is 5.69 Å². The number of nitro groups is 1. The van der Waals surface area contributed by atoms with Gasteiger partial charge in [-0.2, -0.15) is 13.2 Å². The van der Waals surface area contributed by atoms with Crippen molar-refractivity contribution < 1.29 is 27.6 Å². The first kappa shape index (κ1) is 15.7. The predicted molar refractivity (Wildman–Crippen MR) is 63.8 cm³/mol. The molecular formula is C12H10F3NO4. The summed E-state index contributed by atoms with van der Waals surface area (Å²) in [6.45, 7) is 1.70. The van der Waals surface area contributed by atoms with Crippen molar-refractivity contribution in [3.8, 4) is 0 Å². The SMILES string of the molecule is CCOC(=O)C=Cc1ccc(C(F)(F)F)cc1[N+](=O)[O-]. The van der Waals surface area contributed by atoms with Crippen LogP contribution >= 0.6 is 0 Å². The van der Waals surface area contributed by atoms with Gasteiger partial charge in [0.2, 0.25) is 0 Å². The molecule has 1 aromatic rings. The maximum absolute atomic E-state index is 12.5. The molecule has 0 saturated carbocycles. The van der Waals surface area contributed by atoms with Crippen molar-refractivity contribution in [2.75, 3.05) is 6.61 Å².